The standard InChI is InChI=1S/C13H15N3O4/c17-10-3-1-8(5-10)7-14-13-15-11-4-2-9(16(18)19)6-12(11)20-13/h2,4,6,8,10,17H,1,3,5,7H2,(H,14,15). The number of anilines is 1. The number of hydrogen-bond acceptors (Lipinski definition) is 6. The minimum Gasteiger partial charge on any atom is -0.423 e. The molecule has 1 aromatic carbocycles. The fourth-order valence-electron chi connectivity index (χ4n) is 2.57. The summed E-state index contributed by atoms with van der Waals surface area (Å²) in [5.41, 5.74) is 0.969. The number of nitrogens with zero attached hydrogens (tertiary/aromatic N) is 2. The van der Waals surface area contributed by atoms with Crippen molar-refractivity contribution < 1.29 is 14.4 Å². The third-order valence-electron chi connectivity index (χ3n) is 3.64. The topological polar surface area (TPSA) is 101 Å². The summed E-state index contributed by atoms with van der Waals surface area (Å²) in [5.74, 6) is 0.411. The molecule has 1 fully saturated rings. The second-order valence-corrected chi connectivity index (χ2v) is 5.14. The summed E-state index contributed by atoms with van der Waals surface area (Å²) in [7, 11) is 0. The Kier molecular flexibility index (Phi) is 3.27. The summed E-state index contributed by atoms with van der Waals surface area (Å²) in [6.45, 7) is 0.686. The van der Waals surface area contributed by atoms with Gasteiger partial charge in [0.1, 0.15) is 5.52 Å². The molecule has 2 N–H and O–H groups in total. The van der Waals surface area contributed by atoms with Crippen molar-refractivity contribution in [1.82, 2.24) is 4.98 Å². The van der Waals surface area contributed by atoms with Crippen LogP contribution >= 0.6 is 0 Å². The van der Waals surface area contributed by atoms with E-state index in [2.05, 4.69) is 10.3 Å². The Morgan fingerprint density at radius 1 is 1.50 bits per heavy atom. The first-order valence-corrected chi connectivity index (χ1v) is 6.59. The highest BCUT2D eigenvalue weighted by atomic mass is 16.6. The van der Waals surface area contributed by atoms with E-state index in [1.807, 2.05) is 0 Å². The fourth-order valence-corrected chi connectivity index (χ4v) is 2.57. The van der Waals surface area contributed by atoms with Gasteiger partial charge in [-0.2, -0.15) is 4.98 Å². The molecule has 0 radical (unpaired) electrons. The van der Waals surface area contributed by atoms with Crippen molar-refractivity contribution in [2.24, 2.45) is 5.92 Å². The quantitative estimate of drug-likeness (QED) is 0.656. The van der Waals surface area contributed by atoms with Gasteiger partial charge in [0.05, 0.1) is 17.1 Å². The molecule has 0 bridgehead atoms. The van der Waals surface area contributed by atoms with Gasteiger partial charge in [-0.05, 0) is 31.2 Å². The highest BCUT2D eigenvalue weighted by molar-refractivity contribution is 5.77. The smallest absolute Gasteiger partial charge is 0.295 e. The van der Waals surface area contributed by atoms with E-state index < -0.39 is 4.92 Å². The van der Waals surface area contributed by atoms with Crippen LogP contribution in [0.2, 0.25) is 0 Å². The highest BCUT2D eigenvalue weighted by Crippen LogP contribution is 2.27. The number of rotatable bonds is 4. The first kappa shape index (κ1) is 12.9. The molecule has 2 aromatic rings. The fraction of sp³-hybridized carbons (Fsp3) is 0.462. The summed E-state index contributed by atoms with van der Waals surface area (Å²) >= 11 is 0. The summed E-state index contributed by atoms with van der Waals surface area (Å²) in [4.78, 5) is 14.5. The normalized spacial score (nSPS) is 22.2. The lowest BCUT2D eigenvalue weighted by molar-refractivity contribution is -0.384. The van der Waals surface area contributed by atoms with E-state index in [-0.39, 0.29) is 11.8 Å². The molecule has 0 saturated heterocycles. The number of non-ortho nitro benzene ring substituents is 1. The van der Waals surface area contributed by atoms with Crippen molar-refractivity contribution in [3.63, 3.8) is 0 Å². The molecule has 1 aliphatic rings. The van der Waals surface area contributed by atoms with Crippen molar-refractivity contribution in [3.8, 4) is 0 Å². The van der Waals surface area contributed by atoms with Crippen molar-refractivity contribution in [2.75, 3.05) is 11.9 Å². The van der Waals surface area contributed by atoms with Gasteiger partial charge in [-0.3, -0.25) is 10.1 Å². The number of oxazole rings is 1. The molecule has 2 atom stereocenters. The number of benzene rings is 1. The Labute approximate surface area is 114 Å². The predicted molar refractivity (Wildman–Crippen MR) is 72.5 cm³/mol. The van der Waals surface area contributed by atoms with Crippen molar-refractivity contribution in [3.05, 3.63) is 28.3 Å². The highest BCUT2D eigenvalue weighted by Gasteiger charge is 2.23. The monoisotopic (exact) mass is 277 g/mol. The van der Waals surface area contributed by atoms with Crippen molar-refractivity contribution in [1.29, 1.82) is 0 Å². The summed E-state index contributed by atoms with van der Waals surface area (Å²) in [6.07, 6.45) is 2.41. The Hall–Kier alpha value is -2.15. The molecule has 1 heterocycles. The Morgan fingerprint density at radius 2 is 2.35 bits per heavy atom. The predicted octanol–water partition coefficient (Wildman–Crippen LogP) is 2.31. The second kappa shape index (κ2) is 5.09. The van der Waals surface area contributed by atoms with E-state index in [0.29, 0.717) is 29.6 Å². The molecule has 7 nitrogen and oxygen atoms in total. The molecular weight excluding hydrogens is 262 g/mol. The van der Waals surface area contributed by atoms with E-state index in [1.165, 1.54) is 12.1 Å². The number of hydrogen-bond donors (Lipinski definition) is 2. The Bertz CT molecular complexity index is 640. The van der Waals surface area contributed by atoms with Crippen LogP contribution < -0.4 is 5.32 Å². The molecule has 3 rings (SSSR count). The lowest BCUT2D eigenvalue weighted by atomic mass is 10.1. The number of nitro groups is 1. The van der Waals surface area contributed by atoms with Crippen LogP contribution in [0.5, 0.6) is 0 Å². The van der Waals surface area contributed by atoms with Crippen LogP contribution in [0.1, 0.15) is 19.3 Å². The van der Waals surface area contributed by atoms with Gasteiger partial charge in [-0.1, -0.05) is 0 Å². The third-order valence-corrected chi connectivity index (χ3v) is 3.64. The zero-order valence-electron chi connectivity index (χ0n) is 10.8. The van der Waals surface area contributed by atoms with Crippen LogP contribution in [-0.2, 0) is 0 Å². The van der Waals surface area contributed by atoms with E-state index in [4.69, 9.17) is 4.42 Å². The maximum Gasteiger partial charge on any atom is 0.295 e. The third kappa shape index (κ3) is 2.57. The molecule has 1 saturated carbocycles. The van der Waals surface area contributed by atoms with Crippen LogP contribution in [0.3, 0.4) is 0 Å². The maximum atomic E-state index is 10.7. The van der Waals surface area contributed by atoms with Gasteiger partial charge >= 0.3 is 0 Å². The molecular formula is C13H15N3O4. The second-order valence-electron chi connectivity index (χ2n) is 5.14. The number of aliphatic hydroxyl groups is 1. The van der Waals surface area contributed by atoms with Gasteiger partial charge in [-0.25, -0.2) is 0 Å². The molecule has 0 spiro atoms. The largest absolute Gasteiger partial charge is 0.423 e. The number of aliphatic hydroxyl groups excluding tert-OH is 1. The molecule has 7 heteroatoms. The van der Waals surface area contributed by atoms with E-state index in [9.17, 15) is 15.2 Å². The first-order valence-electron chi connectivity index (χ1n) is 6.59. The molecule has 0 amide bonds. The molecule has 0 aliphatic heterocycles. The zero-order chi connectivity index (χ0) is 14.1. The molecule has 106 valence electrons. The number of aromatic nitrogens is 1. The average Bonchev–Trinajstić information content (AvgIpc) is 3.00. The van der Waals surface area contributed by atoms with E-state index in [1.54, 1.807) is 6.07 Å². The Morgan fingerprint density at radius 3 is 3.05 bits per heavy atom. The van der Waals surface area contributed by atoms with Gasteiger partial charge in [-0.15, -0.1) is 0 Å². The van der Waals surface area contributed by atoms with Crippen LogP contribution in [0.4, 0.5) is 11.7 Å². The minimum atomic E-state index is -0.463. The van der Waals surface area contributed by atoms with E-state index in [0.717, 1.165) is 19.3 Å². The van der Waals surface area contributed by atoms with Gasteiger partial charge < -0.3 is 14.8 Å². The SMILES string of the molecule is O=[N+]([O-])c1ccc2nc(NCC3CCC(O)C3)oc2c1. The average molecular weight is 277 g/mol. The minimum absolute atomic E-state index is 0.0147. The van der Waals surface area contributed by atoms with Crippen molar-refractivity contribution >= 4 is 22.8 Å². The van der Waals surface area contributed by atoms with E-state index >= 15 is 0 Å². The number of fused-ring (bicyclic) bond motifs is 1. The molecule has 1 aromatic heterocycles. The first-order chi connectivity index (χ1) is 9.61. The number of nitro benzene ring substituents is 1. The molecule has 1 aliphatic carbocycles. The lowest BCUT2D eigenvalue weighted by Gasteiger charge is -2.08. The summed E-state index contributed by atoms with van der Waals surface area (Å²) in [6, 6.07) is 4.71. The van der Waals surface area contributed by atoms with Gasteiger partial charge in [0.2, 0.25) is 0 Å². The van der Waals surface area contributed by atoms with Crippen LogP contribution in [0, 0.1) is 16.0 Å². The van der Waals surface area contributed by atoms with Crippen LogP contribution in [0.15, 0.2) is 22.6 Å². The van der Waals surface area contributed by atoms with Gasteiger partial charge in [0, 0.05) is 12.6 Å². The van der Waals surface area contributed by atoms with Crippen LogP contribution in [0.25, 0.3) is 11.1 Å². The van der Waals surface area contributed by atoms with Crippen LogP contribution in [-0.4, -0.2) is 27.7 Å². The maximum absolute atomic E-state index is 10.7. The molecule has 2 unspecified atom stereocenters. The zero-order valence-corrected chi connectivity index (χ0v) is 10.8. The van der Waals surface area contributed by atoms with Gasteiger partial charge in [0.15, 0.2) is 5.58 Å². The van der Waals surface area contributed by atoms with Gasteiger partial charge in [0.25, 0.3) is 11.7 Å². The lowest BCUT2D eigenvalue weighted by Crippen LogP contribution is -2.12. The Balaban J connectivity index is 1.71. The van der Waals surface area contributed by atoms with Crippen molar-refractivity contribution in [2.45, 2.75) is 25.4 Å². The number of nitrogens with one attached hydrogen (secondary N) is 1. The summed E-state index contributed by atoms with van der Waals surface area (Å²) < 4.78 is 5.46. The summed E-state index contributed by atoms with van der Waals surface area (Å²) in [5, 5.41) is 23.2. The molecule has 20 heavy (non-hydrogen) atoms.